The first-order valence-corrected chi connectivity index (χ1v) is 7.20. The summed E-state index contributed by atoms with van der Waals surface area (Å²) in [5.74, 6) is 0. The van der Waals surface area contributed by atoms with E-state index in [1.165, 1.54) is 0 Å². The molecular weight excluding hydrogens is 268 g/mol. The molecule has 1 saturated heterocycles. The molecule has 1 aromatic carbocycles. The van der Waals surface area contributed by atoms with E-state index in [4.69, 9.17) is 9.47 Å². The zero-order chi connectivity index (χ0) is 15.5. The average molecular weight is 292 g/mol. The number of methoxy groups -OCH3 is 1. The van der Waals surface area contributed by atoms with E-state index in [0.717, 1.165) is 11.3 Å². The highest BCUT2D eigenvalue weighted by Crippen LogP contribution is 2.19. The van der Waals surface area contributed by atoms with Gasteiger partial charge in [-0.05, 0) is 38.5 Å². The smallest absolute Gasteiger partial charge is 0.410 e. The largest absolute Gasteiger partial charge is 0.444 e. The Labute approximate surface area is 126 Å². The third-order valence-electron chi connectivity index (χ3n) is 3.14. The van der Waals surface area contributed by atoms with Crippen LogP contribution in [0.3, 0.4) is 0 Å². The second-order valence-electron chi connectivity index (χ2n) is 6.36. The van der Waals surface area contributed by atoms with Crippen molar-refractivity contribution in [3.63, 3.8) is 0 Å². The summed E-state index contributed by atoms with van der Waals surface area (Å²) in [6.07, 6.45) is -0.242. The second-order valence-corrected chi connectivity index (χ2v) is 6.36. The van der Waals surface area contributed by atoms with Crippen LogP contribution in [0.2, 0.25) is 0 Å². The normalized spacial score (nSPS) is 15.5. The van der Waals surface area contributed by atoms with Crippen molar-refractivity contribution in [2.45, 2.75) is 39.0 Å². The fourth-order valence-electron chi connectivity index (χ4n) is 2.20. The average Bonchev–Trinajstić information content (AvgIpc) is 2.32. The lowest BCUT2D eigenvalue weighted by Crippen LogP contribution is -2.57. The van der Waals surface area contributed by atoms with Crippen LogP contribution in [-0.2, 0) is 16.1 Å². The highest BCUT2D eigenvalue weighted by molar-refractivity contribution is 5.69. The maximum absolute atomic E-state index is 11.8. The third-order valence-corrected chi connectivity index (χ3v) is 3.14. The summed E-state index contributed by atoms with van der Waals surface area (Å²) >= 11 is 0. The molecule has 0 saturated carbocycles. The minimum atomic E-state index is -0.440. The number of nitrogens with one attached hydrogen (secondary N) is 1. The number of hydrogen-bond acceptors (Lipinski definition) is 4. The quantitative estimate of drug-likeness (QED) is 0.927. The minimum absolute atomic E-state index is 0.242. The van der Waals surface area contributed by atoms with Crippen molar-refractivity contribution in [2.75, 3.05) is 25.5 Å². The molecule has 1 aromatic rings. The van der Waals surface area contributed by atoms with Gasteiger partial charge < -0.3 is 19.7 Å². The van der Waals surface area contributed by atoms with E-state index >= 15 is 0 Å². The van der Waals surface area contributed by atoms with Crippen molar-refractivity contribution in [2.24, 2.45) is 0 Å². The van der Waals surface area contributed by atoms with Gasteiger partial charge in [0.2, 0.25) is 0 Å². The molecule has 1 aliphatic rings. The van der Waals surface area contributed by atoms with Crippen LogP contribution in [0.1, 0.15) is 26.3 Å². The van der Waals surface area contributed by atoms with Crippen LogP contribution < -0.4 is 5.32 Å². The molecule has 0 unspecified atom stereocenters. The molecule has 0 bridgehead atoms. The molecule has 1 N–H and O–H groups in total. The molecular formula is C16H24N2O3. The second kappa shape index (κ2) is 6.35. The van der Waals surface area contributed by atoms with Crippen molar-refractivity contribution in [3.8, 4) is 0 Å². The standard InChI is InChI=1S/C16H24N2O3/c1-16(2,3)21-15(19)18-9-14(10-18)17-13-7-5-6-12(8-13)11-20-4/h5-8,14,17H,9-11H2,1-4H3. The Kier molecular flexibility index (Phi) is 4.73. The molecule has 2 rings (SSSR count). The molecule has 5 nitrogen and oxygen atoms in total. The lowest BCUT2D eigenvalue weighted by molar-refractivity contribution is 0.0105. The van der Waals surface area contributed by atoms with Gasteiger partial charge in [0.25, 0.3) is 0 Å². The predicted octanol–water partition coefficient (Wildman–Crippen LogP) is 2.86. The van der Waals surface area contributed by atoms with E-state index in [9.17, 15) is 4.79 Å². The summed E-state index contributed by atoms with van der Waals surface area (Å²) in [6.45, 7) is 7.57. The molecule has 1 fully saturated rings. The molecule has 0 aromatic heterocycles. The number of anilines is 1. The number of amides is 1. The predicted molar refractivity (Wildman–Crippen MR) is 82.4 cm³/mol. The van der Waals surface area contributed by atoms with Gasteiger partial charge >= 0.3 is 6.09 Å². The molecule has 0 atom stereocenters. The number of ether oxygens (including phenoxy) is 2. The Morgan fingerprint density at radius 2 is 2.10 bits per heavy atom. The molecule has 0 spiro atoms. The van der Waals surface area contributed by atoms with Crippen molar-refractivity contribution in [1.82, 2.24) is 4.90 Å². The number of nitrogens with zero attached hydrogens (tertiary/aromatic N) is 1. The Bertz CT molecular complexity index is 491. The van der Waals surface area contributed by atoms with Gasteiger partial charge in [-0.2, -0.15) is 0 Å². The van der Waals surface area contributed by atoms with Gasteiger partial charge in [0.15, 0.2) is 0 Å². The van der Waals surface area contributed by atoms with Crippen molar-refractivity contribution in [3.05, 3.63) is 29.8 Å². The molecule has 0 aliphatic carbocycles. The maximum Gasteiger partial charge on any atom is 0.410 e. The summed E-state index contributed by atoms with van der Waals surface area (Å²) in [7, 11) is 1.69. The van der Waals surface area contributed by atoms with E-state index in [0.29, 0.717) is 19.7 Å². The lowest BCUT2D eigenvalue weighted by atomic mass is 10.1. The fraction of sp³-hybridized carbons (Fsp3) is 0.562. The highest BCUT2D eigenvalue weighted by atomic mass is 16.6. The van der Waals surface area contributed by atoms with E-state index in [-0.39, 0.29) is 12.1 Å². The maximum atomic E-state index is 11.8. The Morgan fingerprint density at radius 3 is 2.71 bits per heavy atom. The minimum Gasteiger partial charge on any atom is -0.444 e. The van der Waals surface area contributed by atoms with Crippen molar-refractivity contribution >= 4 is 11.8 Å². The Balaban J connectivity index is 1.80. The molecule has 1 aliphatic heterocycles. The van der Waals surface area contributed by atoms with Crippen molar-refractivity contribution in [1.29, 1.82) is 0 Å². The Morgan fingerprint density at radius 1 is 1.38 bits per heavy atom. The van der Waals surface area contributed by atoms with Crippen LogP contribution in [0.15, 0.2) is 24.3 Å². The molecule has 1 heterocycles. The topological polar surface area (TPSA) is 50.8 Å². The van der Waals surface area contributed by atoms with Gasteiger partial charge in [-0.1, -0.05) is 12.1 Å². The molecule has 1 amide bonds. The monoisotopic (exact) mass is 292 g/mol. The first-order chi connectivity index (χ1) is 9.87. The number of carbonyl (C=O) groups is 1. The summed E-state index contributed by atoms with van der Waals surface area (Å²) in [6, 6.07) is 8.40. The molecule has 116 valence electrons. The number of rotatable bonds is 4. The van der Waals surface area contributed by atoms with Gasteiger partial charge in [0.1, 0.15) is 5.60 Å². The first kappa shape index (κ1) is 15.6. The Hall–Kier alpha value is -1.75. The van der Waals surface area contributed by atoms with Gasteiger partial charge in [-0.15, -0.1) is 0 Å². The molecule has 0 radical (unpaired) electrons. The van der Waals surface area contributed by atoms with E-state index in [1.807, 2.05) is 39.0 Å². The van der Waals surface area contributed by atoms with Crippen LogP contribution >= 0.6 is 0 Å². The SMILES string of the molecule is COCc1cccc(NC2CN(C(=O)OC(C)(C)C)C2)c1. The van der Waals surface area contributed by atoms with Crippen LogP contribution in [0.5, 0.6) is 0 Å². The van der Waals surface area contributed by atoms with Gasteiger partial charge in [0, 0.05) is 25.9 Å². The van der Waals surface area contributed by atoms with Gasteiger partial charge in [0.05, 0.1) is 12.6 Å². The molecule has 21 heavy (non-hydrogen) atoms. The summed E-state index contributed by atoms with van der Waals surface area (Å²) in [5, 5.41) is 3.42. The van der Waals surface area contributed by atoms with E-state index < -0.39 is 5.60 Å². The van der Waals surface area contributed by atoms with Gasteiger partial charge in [-0.25, -0.2) is 4.79 Å². The summed E-state index contributed by atoms with van der Waals surface area (Å²) < 4.78 is 10.5. The zero-order valence-electron chi connectivity index (χ0n) is 13.2. The molecule has 5 heteroatoms. The lowest BCUT2D eigenvalue weighted by Gasteiger charge is -2.40. The zero-order valence-corrected chi connectivity index (χ0v) is 13.2. The number of benzene rings is 1. The van der Waals surface area contributed by atoms with Crippen molar-refractivity contribution < 1.29 is 14.3 Å². The summed E-state index contributed by atoms with van der Waals surface area (Å²) in [4.78, 5) is 13.5. The van der Waals surface area contributed by atoms with E-state index in [1.54, 1.807) is 12.0 Å². The van der Waals surface area contributed by atoms with Crippen LogP contribution in [0.4, 0.5) is 10.5 Å². The van der Waals surface area contributed by atoms with Crippen LogP contribution in [0, 0.1) is 0 Å². The summed E-state index contributed by atoms with van der Waals surface area (Å²) in [5.41, 5.74) is 1.74. The first-order valence-electron chi connectivity index (χ1n) is 7.20. The van der Waals surface area contributed by atoms with E-state index in [2.05, 4.69) is 11.4 Å². The van der Waals surface area contributed by atoms with Crippen LogP contribution in [-0.4, -0.2) is 42.8 Å². The highest BCUT2D eigenvalue weighted by Gasteiger charge is 2.33. The third kappa shape index (κ3) is 4.63. The fourth-order valence-corrected chi connectivity index (χ4v) is 2.20. The van der Waals surface area contributed by atoms with Gasteiger partial charge in [-0.3, -0.25) is 0 Å². The number of likely N-dealkylation sites (tertiary alicyclic amines) is 1. The number of hydrogen-bond donors (Lipinski definition) is 1. The van der Waals surface area contributed by atoms with Crippen LogP contribution in [0.25, 0.3) is 0 Å². The number of carbonyl (C=O) groups excluding carboxylic acids is 1.